The highest BCUT2D eigenvalue weighted by Gasteiger charge is 2.32. The zero-order valence-electron chi connectivity index (χ0n) is 11.7. The Bertz CT molecular complexity index is 359. The molecule has 0 radical (unpaired) electrons. The van der Waals surface area contributed by atoms with E-state index in [1.54, 1.807) is 0 Å². The van der Waals surface area contributed by atoms with Gasteiger partial charge in [-0.05, 0) is 25.3 Å². The molecule has 1 aromatic carbocycles. The number of unbranched alkanes of at least 4 members (excludes halogenated alkanes) is 1. The van der Waals surface area contributed by atoms with Crippen LogP contribution in [0, 0.1) is 5.41 Å². The van der Waals surface area contributed by atoms with Crippen LogP contribution in [0.4, 0.5) is 0 Å². The minimum absolute atomic E-state index is 0.0673. The van der Waals surface area contributed by atoms with E-state index in [-0.39, 0.29) is 11.4 Å². The van der Waals surface area contributed by atoms with Gasteiger partial charge >= 0.3 is 5.97 Å². The number of esters is 1. The van der Waals surface area contributed by atoms with Crippen molar-refractivity contribution >= 4 is 5.97 Å². The van der Waals surface area contributed by atoms with E-state index in [2.05, 4.69) is 13.8 Å². The zero-order valence-corrected chi connectivity index (χ0v) is 11.7. The van der Waals surface area contributed by atoms with Crippen molar-refractivity contribution in [2.75, 3.05) is 0 Å². The fraction of sp³-hybridized carbons (Fsp3) is 0.562. The van der Waals surface area contributed by atoms with E-state index in [0.29, 0.717) is 6.61 Å². The molecule has 0 heterocycles. The molecule has 1 unspecified atom stereocenters. The number of carbonyl (C=O) groups excluding carboxylic acids is 1. The third-order valence-corrected chi connectivity index (χ3v) is 3.57. The van der Waals surface area contributed by atoms with Crippen LogP contribution in [0.3, 0.4) is 0 Å². The van der Waals surface area contributed by atoms with Crippen LogP contribution in [0.15, 0.2) is 30.3 Å². The summed E-state index contributed by atoms with van der Waals surface area (Å²) in [5, 5.41) is 0. The van der Waals surface area contributed by atoms with Gasteiger partial charge in [-0.1, -0.05) is 57.0 Å². The summed E-state index contributed by atoms with van der Waals surface area (Å²) in [7, 11) is 0. The maximum atomic E-state index is 12.2. The summed E-state index contributed by atoms with van der Waals surface area (Å²) in [6.07, 6.45) is 3.93. The van der Waals surface area contributed by atoms with Crippen LogP contribution in [-0.4, -0.2) is 5.97 Å². The second-order valence-electron chi connectivity index (χ2n) is 5.08. The van der Waals surface area contributed by atoms with E-state index in [4.69, 9.17) is 4.74 Å². The molecule has 1 rings (SSSR count). The van der Waals surface area contributed by atoms with Crippen molar-refractivity contribution in [3.63, 3.8) is 0 Å². The SMILES string of the molecule is CCCCC(C)(CC)C(=O)OCc1ccccc1. The van der Waals surface area contributed by atoms with Crippen molar-refractivity contribution in [3.05, 3.63) is 35.9 Å². The van der Waals surface area contributed by atoms with Gasteiger partial charge in [0.15, 0.2) is 0 Å². The lowest BCUT2D eigenvalue weighted by molar-refractivity contribution is -0.157. The third-order valence-electron chi connectivity index (χ3n) is 3.57. The summed E-state index contributed by atoms with van der Waals surface area (Å²) in [5.41, 5.74) is 0.713. The Labute approximate surface area is 110 Å². The van der Waals surface area contributed by atoms with Crippen molar-refractivity contribution in [2.24, 2.45) is 5.41 Å². The van der Waals surface area contributed by atoms with Gasteiger partial charge in [-0.3, -0.25) is 4.79 Å². The van der Waals surface area contributed by atoms with Crippen molar-refractivity contribution in [1.82, 2.24) is 0 Å². The Hall–Kier alpha value is -1.31. The van der Waals surface area contributed by atoms with Gasteiger partial charge < -0.3 is 4.74 Å². The van der Waals surface area contributed by atoms with Crippen LogP contribution in [0.5, 0.6) is 0 Å². The molecule has 0 saturated carbocycles. The highest BCUT2D eigenvalue weighted by molar-refractivity contribution is 5.76. The molecule has 0 fully saturated rings. The maximum Gasteiger partial charge on any atom is 0.312 e. The van der Waals surface area contributed by atoms with Crippen molar-refractivity contribution in [3.8, 4) is 0 Å². The Morgan fingerprint density at radius 2 is 1.89 bits per heavy atom. The molecular weight excluding hydrogens is 224 g/mol. The minimum atomic E-state index is -0.329. The molecule has 0 saturated heterocycles. The molecule has 18 heavy (non-hydrogen) atoms. The normalized spacial score (nSPS) is 13.9. The number of hydrogen-bond donors (Lipinski definition) is 0. The maximum absolute atomic E-state index is 12.2. The summed E-state index contributed by atoms with van der Waals surface area (Å²) in [6.45, 7) is 6.59. The summed E-state index contributed by atoms with van der Waals surface area (Å²) in [5.74, 6) is -0.0673. The van der Waals surface area contributed by atoms with Crippen LogP contribution in [0.2, 0.25) is 0 Å². The topological polar surface area (TPSA) is 26.3 Å². The smallest absolute Gasteiger partial charge is 0.312 e. The highest BCUT2D eigenvalue weighted by Crippen LogP contribution is 2.30. The van der Waals surface area contributed by atoms with Crippen LogP contribution in [0.25, 0.3) is 0 Å². The van der Waals surface area contributed by atoms with E-state index in [1.165, 1.54) is 0 Å². The van der Waals surface area contributed by atoms with Gasteiger partial charge in [0, 0.05) is 0 Å². The Morgan fingerprint density at radius 3 is 2.44 bits per heavy atom. The van der Waals surface area contributed by atoms with Crippen LogP contribution in [0.1, 0.15) is 52.0 Å². The molecule has 1 aromatic rings. The van der Waals surface area contributed by atoms with Gasteiger partial charge in [-0.25, -0.2) is 0 Å². The quantitative estimate of drug-likeness (QED) is 0.671. The first-order valence-corrected chi connectivity index (χ1v) is 6.83. The monoisotopic (exact) mass is 248 g/mol. The number of ether oxygens (including phenoxy) is 1. The molecule has 1 atom stereocenters. The van der Waals surface area contributed by atoms with Crippen molar-refractivity contribution in [1.29, 1.82) is 0 Å². The van der Waals surface area contributed by atoms with E-state index in [9.17, 15) is 4.79 Å². The number of benzene rings is 1. The molecule has 100 valence electrons. The summed E-state index contributed by atoms with van der Waals surface area (Å²) in [4.78, 5) is 12.2. The first kappa shape index (κ1) is 14.7. The molecular formula is C16H24O2. The molecule has 0 bridgehead atoms. The minimum Gasteiger partial charge on any atom is -0.460 e. The lowest BCUT2D eigenvalue weighted by Crippen LogP contribution is -2.29. The fourth-order valence-corrected chi connectivity index (χ4v) is 1.89. The number of carbonyl (C=O) groups is 1. The summed E-state index contributed by atoms with van der Waals surface area (Å²) >= 11 is 0. The van der Waals surface area contributed by atoms with Crippen LogP contribution >= 0.6 is 0 Å². The Morgan fingerprint density at radius 1 is 1.22 bits per heavy atom. The molecule has 0 amide bonds. The van der Waals surface area contributed by atoms with Gasteiger partial charge in [0.25, 0.3) is 0 Å². The number of rotatable bonds is 7. The Kier molecular flexibility index (Phi) is 5.90. The molecule has 0 aliphatic heterocycles. The number of hydrogen-bond acceptors (Lipinski definition) is 2. The average Bonchev–Trinajstić information content (AvgIpc) is 2.43. The zero-order chi connectivity index (χ0) is 13.4. The van der Waals surface area contributed by atoms with Crippen LogP contribution < -0.4 is 0 Å². The van der Waals surface area contributed by atoms with E-state index >= 15 is 0 Å². The average molecular weight is 248 g/mol. The second-order valence-corrected chi connectivity index (χ2v) is 5.08. The summed E-state index contributed by atoms with van der Waals surface area (Å²) in [6, 6.07) is 9.83. The largest absolute Gasteiger partial charge is 0.460 e. The van der Waals surface area contributed by atoms with Gasteiger partial charge in [0.2, 0.25) is 0 Å². The standard InChI is InChI=1S/C16H24O2/c1-4-6-12-16(3,5-2)15(17)18-13-14-10-8-7-9-11-14/h7-11H,4-6,12-13H2,1-3H3. The molecule has 2 heteroatoms. The van der Waals surface area contributed by atoms with Crippen LogP contribution in [-0.2, 0) is 16.1 Å². The molecule has 0 aliphatic rings. The van der Waals surface area contributed by atoms with Gasteiger partial charge in [-0.2, -0.15) is 0 Å². The predicted octanol–water partition coefficient (Wildman–Crippen LogP) is 4.34. The fourth-order valence-electron chi connectivity index (χ4n) is 1.89. The first-order chi connectivity index (χ1) is 8.62. The lowest BCUT2D eigenvalue weighted by Gasteiger charge is -2.25. The molecule has 2 nitrogen and oxygen atoms in total. The molecule has 0 aromatic heterocycles. The van der Waals surface area contributed by atoms with Crippen molar-refractivity contribution < 1.29 is 9.53 Å². The predicted molar refractivity (Wildman–Crippen MR) is 74.2 cm³/mol. The van der Waals surface area contributed by atoms with Gasteiger partial charge in [-0.15, -0.1) is 0 Å². The second kappa shape index (κ2) is 7.20. The Balaban J connectivity index is 2.52. The molecule has 0 N–H and O–H groups in total. The van der Waals surface area contributed by atoms with E-state index in [0.717, 1.165) is 31.2 Å². The van der Waals surface area contributed by atoms with E-state index < -0.39 is 0 Å². The first-order valence-electron chi connectivity index (χ1n) is 6.83. The van der Waals surface area contributed by atoms with E-state index in [1.807, 2.05) is 37.3 Å². The highest BCUT2D eigenvalue weighted by atomic mass is 16.5. The molecule has 0 spiro atoms. The van der Waals surface area contributed by atoms with Gasteiger partial charge in [0.05, 0.1) is 5.41 Å². The lowest BCUT2D eigenvalue weighted by atomic mass is 9.82. The summed E-state index contributed by atoms with van der Waals surface area (Å²) < 4.78 is 5.44. The molecule has 0 aliphatic carbocycles. The van der Waals surface area contributed by atoms with Crippen molar-refractivity contribution in [2.45, 2.75) is 53.1 Å². The van der Waals surface area contributed by atoms with Gasteiger partial charge in [0.1, 0.15) is 6.61 Å². The third kappa shape index (κ3) is 4.17.